The second-order valence-corrected chi connectivity index (χ2v) is 5.00. The van der Waals surface area contributed by atoms with E-state index in [9.17, 15) is 4.79 Å². The van der Waals surface area contributed by atoms with Crippen LogP contribution >= 0.6 is 0 Å². The Bertz CT molecular complexity index is 806. The van der Waals surface area contributed by atoms with Gasteiger partial charge in [0.2, 0.25) is 0 Å². The van der Waals surface area contributed by atoms with Crippen molar-refractivity contribution >= 4 is 16.6 Å². The zero-order valence-electron chi connectivity index (χ0n) is 12.0. The average Bonchev–Trinajstić information content (AvgIpc) is 2.54. The molecule has 0 radical (unpaired) electrons. The molecular weight excluding hydrogens is 260 g/mol. The van der Waals surface area contributed by atoms with Gasteiger partial charge in [0.15, 0.2) is 0 Å². The smallest absolute Gasteiger partial charge is 0.256 e. The van der Waals surface area contributed by atoms with Crippen LogP contribution in [0.3, 0.4) is 0 Å². The SMILES string of the molecule is CCn1c(=O)c(CNc2ccccc2)cc2ccccc21. The summed E-state index contributed by atoms with van der Waals surface area (Å²) in [6, 6.07) is 19.9. The van der Waals surface area contributed by atoms with Crippen LogP contribution in [-0.4, -0.2) is 4.57 Å². The lowest BCUT2D eigenvalue weighted by atomic mass is 10.1. The van der Waals surface area contributed by atoms with Gasteiger partial charge < -0.3 is 9.88 Å². The van der Waals surface area contributed by atoms with Crippen LogP contribution in [-0.2, 0) is 13.1 Å². The molecule has 1 N–H and O–H groups in total. The molecular formula is C18H18N2O. The summed E-state index contributed by atoms with van der Waals surface area (Å²) < 4.78 is 1.83. The van der Waals surface area contributed by atoms with Gasteiger partial charge >= 0.3 is 0 Å². The monoisotopic (exact) mass is 278 g/mol. The van der Waals surface area contributed by atoms with Crippen molar-refractivity contribution in [2.75, 3.05) is 5.32 Å². The third-order valence-corrected chi connectivity index (χ3v) is 3.65. The minimum absolute atomic E-state index is 0.0830. The van der Waals surface area contributed by atoms with Gasteiger partial charge in [-0.15, -0.1) is 0 Å². The molecule has 0 fully saturated rings. The molecule has 0 aliphatic rings. The molecule has 0 saturated heterocycles. The standard InChI is InChI=1S/C18H18N2O/c1-2-20-17-11-7-6-8-14(17)12-15(18(20)21)13-19-16-9-4-3-5-10-16/h3-12,19H,2,13H2,1H3. The molecule has 3 nitrogen and oxygen atoms in total. The largest absolute Gasteiger partial charge is 0.381 e. The maximum absolute atomic E-state index is 12.6. The Hall–Kier alpha value is -2.55. The van der Waals surface area contributed by atoms with E-state index in [-0.39, 0.29) is 5.56 Å². The molecule has 3 heteroatoms. The number of nitrogens with one attached hydrogen (secondary N) is 1. The molecule has 3 rings (SSSR count). The third-order valence-electron chi connectivity index (χ3n) is 3.65. The van der Waals surface area contributed by atoms with Crippen molar-refractivity contribution in [1.29, 1.82) is 0 Å². The normalized spacial score (nSPS) is 10.7. The van der Waals surface area contributed by atoms with Crippen molar-refractivity contribution in [3.63, 3.8) is 0 Å². The number of hydrogen-bond donors (Lipinski definition) is 1. The first kappa shape index (κ1) is 13.4. The molecule has 0 spiro atoms. The predicted octanol–water partition coefficient (Wildman–Crippen LogP) is 3.63. The molecule has 0 atom stereocenters. The molecule has 0 unspecified atom stereocenters. The molecule has 1 heterocycles. The number of nitrogens with zero attached hydrogens (tertiary/aromatic N) is 1. The fourth-order valence-corrected chi connectivity index (χ4v) is 2.58. The topological polar surface area (TPSA) is 34.0 Å². The Morgan fingerprint density at radius 2 is 1.71 bits per heavy atom. The van der Waals surface area contributed by atoms with Gasteiger partial charge in [-0.2, -0.15) is 0 Å². The van der Waals surface area contributed by atoms with Crippen LogP contribution in [0, 0.1) is 0 Å². The number of hydrogen-bond acceptors (Lipinski definition) is 2. The highest BCUT2D eigenvalue weighted by Gasteiger charge is 2.07. The van der Waals surface area contributed by atoms with Crippen molar-refractivity contribution in [1.82, 2.24) is 4.57 Å². The molecule has 106 valence electrons. The van der Waals surface area contributed by atoms with Crippen LogP contribution in [0.2, 0.25) is 0 Å². The minimum Gasteiger partial charge on any atom is -0.381 e. The van der Waals surface area contributed by atoms with Gasteiger partial charge in [-0.05, 0) is 36.6 Å². The van der Waals surface area contributed by atoms with Crippen molar-refractivity contribution in [3.05, 3.63) is 76.6 Å². The van der Waals surface area contributed by atoms with Crippen molar-refractivity contribution < 1.29 is 0 Å². The Labute approximate surface area is 123 Å². The molecule has 3 aromatic rings. The summed E-state index contributed by atoms with van der Waals surface area (Å²) in [5.41, 5.74) is 2.89. The Morgan fingerprint density at radius 1 is 1.00 bits per heavy atom. The zero-order chi connectivity index (χ0) is 14.7. The first-order chi connectivity index (χ1) is 10.3. The summed E-state index contributed by atoms with van der Waals surface area (Å²) in [6.07, 6.45) is 0. The van der Waals surface area contributed by atoms with Gasteiger partial charge in [0.05, 0.1) is 5.52 Å². The molecule has 0 aliphatic carbocycles. The summed E-state index contributed by atoms with van der Waals surface area (Å²) in [5, 5.41) is 4.41. The number of pyridine rings is 1. The fraction of sp³-hybridized carbons (Fsp3) is 0.167. The summed E-state index contributed by atoms with van der Waals surface area (Å²) in [7, 11) is 0. The highest BCUT2D eigenvalue weighted by atomic mass is 16.1. The van der Waals surface area contributed by atoms with Crippen molar-refractivity contribution in [2.45, 2.75) is 20.0 Å². The maximum Gasteiger partial charge on any atom is 0.256 e. The zero-order valence-corrected chi connectivity index (χ0v) is 12.0. The van der Waals surface area contributed by atoms with Crippen molar-refractivity contribution in [2.24, 2.45) is 0 Å². The van der Waals surface area contributed by atoms with Crippen LogP contribution in [0.5, 0.6) is 0 Å². The Morgan fingerprint density at radius 3 is 2.48 bits per heavy atom. The Balaban J connectivity index is 1.99. The van der Waals surface area contributed by atoms with Crippen molar-refractivity contribution in [3.8, 4) is 0 Å². The van der Waals surface area contributed by atoms with Gasteiger partial charge in [-0.25, -0.2) is 0 Å². The lowest BCUT2D eigenvalue weighted by Gasteiger charge is -2.12. The number of para-hydroxylation sites is 2. The highest BCUT2D eigenvalue weighted by Crippen LogP contribution is 2.14. The van der Waals surface area contributed by atoms with Gasteiger partial charge in [0.25, 0.3) is 5.56 Å². The van der Waals surface area contributed by atoms with E-state index in [4.69, 9.17) is 0 Å². The van der Waals surface area contributed by atoms with Crippen LogP contribution in [0.1, 0.15) is 12.5 Å². The number of aromatic nitrogens is 1. The molecule has 2 aromatic carbocycles. The molecule has 0 saturated carbocycles. The van der Waals surface area contributed by atoms with E-state index < -0.39 is 0 Å². The van der Waals surface area contributed by atoms with Gasteiger partial charge in [-0.1, -0.05) is 36.4 Å². The summed E-state index contributed by atoms with van der Waals surface area (Å²) in [5.74, 6) is 0. The second kappa shape index (κ2) is 5.83. The molecule has 0 amide bonds. The van der Waals surface area contributed by atoms with Gasteiger partial charge in [0, 0.05) is 24.3 Å². The summed E-state index contributed by atoms with van der Waals surface area (Å²) in [4.78, 5) is 12.6. The highest BCUT2D eigenvalue weighted by molar-refractivity contribution is 5.79. The number of aryl methyl sites for hydroxylation is 1. The fourth-order valence-electron chi connectivity index (χ4n) is 2.58. The van der Waals surface area contributed by atoms with Crippen LogP contribution in [0.4, 0.5) is 5.69 Å². The maximum atomic E-state index is 12.6. The first-order valence-electron chi connectivity index (χ1n) is 7.20. The van der Waals surface area contributed by atoms with Crippen LogP contribution in [0.25, 0.3) is 10.9 Å². The number of benzene rings is 2. The minimum atomic E-state index is 0.0830. The molecule has 1 aromatic heterocycles. The molecule has 0 bridgehead atoms. The second-order valence-electron chi connectivity index (χ2n) is 5.00. The van der Waals surface area contributed by atoms with E-state index in [0.29, 0.717) is 13.1 Å². The average molecular weight is 278 g/mol. The van der Waals surface area contributed by atoms with Gasteiger partial charge in [-0.3, -0.25) is 4.79 Å². The lowest BCUT2D eigenvalue weighted by Crippen LogP contribution is -2.24. The van der Waals surface area contributed by atoms with E-state index >= 15 is 0 Å². The van der Waals surface area contributed by atoms with Crippen LogP contribution in [0.15, 0.2) is 65.5 Å². The lowest BCUT2D eigenvalue weighted by molar-refractivity contribution is 0.749. The van der Waals surface area contributed by atoms with E-state index in [2.05, 4.69) is 5.32 Å². The quantitative estimate of drug-likeness (QED) is 0.790. The number of anilines is 1. The Kier molecular flexibility index (Phi) is 3.73. The number of fused-ring (bicyclic) bond motifs is 1. The molecule has 21 heavy (non-hydrogen) atoms. The predicted molar refractivity (Wildman–Crippen MR) is 87.7 cm³/mol. The third kappa shape index (κ3) is 2.68. The first-order valence-corrected chi connectivity index (χ1v) is 7.20. The van der Waals surface area contributed by atoms with E-state index in [1.54, 1.807) is 0 Å². The van der Waals surface area contributed by atoms with Gasteiger partial charge in [0.1, 0.15) is 0 Å². The summed E-state index contributed by atoms with van der Waals surface area (Å²) in [6.45, 7) is 3.22. The number of rotatable bonds is 4. The molecule has 0 aliphatic heterocycles. The van der Waals surface area contributed by atoms with E-state index in [1.807, 2.05) is 72.2 Å². The summed E-state index contributed by atoms with van der Waals surface area (Å²) >= 11 is 0. The van der Waals surface area contributed by atoms with E-state index in [1.165, 1.54) is 0 Å². The van der Waals surface area contributed by atoms with Crippen LogP contribution < -0.4 is 10.9 Å². The van der Waals surface area contributed by atoms with E-state index in [0.717, 1.165) is 22.2 Å².